The van der Waals surface area contributed by atoms with E-state index in [0.29, 0.717) is 12.2 Å². The van der Waals surface area contributed by atoms with Gasteiger partial charge in [0.05, 0.1) is 5.56 Å². The number of nitrogens with zero attached hydrogens (tertiary/aromatic N) is 1. The number of rotatable bonds is 2. The molecule has 0 aromatic heterocycles. The molecule has 0 aliphatic carbocycles. The number of anilines is 1. The van der Waals surface area contributed by atoms with Gasteiger partial charge in [-0.3, -0.25) is 0 Å². The minimum absolute atomic E-state index is 0.585. The molecule has 1 nitrogen and oxygen atoms in total. The molecular weight excluding hydrogens is 227 g/mol. The normalized spacial score (nSPS) is 10.5. The van der Waals surface area contributed by atoms with Crippen molar-refractivity contribution in [3.63, 3.8) is 0 Å². The molecule has 0 atom stereocenters. The maximum Gasteiger partial charge on any atom is 0.416 e. The molecule has 0 fully saturated rings. The van der Waals surface area contributed by atoms with Gasteiger partial charge in [-0.2, -0.15) is 13.2 Å². The van der Waals surface area contributed by atoms with Crippen LogP contribution in [0.3, 0.4) is 0 Å². The molecule has 1 rings (SSSR count). The number of hydrogen-bond acceptors (Lipinski definition) is 1. The third-order valence-corrected chi connectivity index (χ3v) is 2.09. The molecule has 0 amide bonds. The standard InChI is InChI=1S/C10H12F3N.C3H8/c1-3-14(2)9-6-4-5-8(7-9)10(11,12)13;1-3-2/h4-7H,3H2,1-2H3;3H2,1-2H3. The lowest BCUT2D eigenvalue weighted by atomic mass is 10.2. The maximum atomic E-state index is 12.3. The van der Waals surface area contributed by atoms with E-state index in [1.165, 1.54) is 12.5 Å². The number of hydrogen-bond donors (Lipinski definition) is 0. The summed E-state index contributed by atoms with van der Waals surface area (Å²) >= 11 is 0. The lowest BCUT2D eigenvalue weighted by molar-refractivity contribution is -0.137. The van der Waals surface area contributed by atoms with E-state index < -0.39 is 11.7 Å². The van der Waals surface area contributed by atoms with Crippen LogP contribution in [0.25, 0.3) is 0 Å². The van der Waals surface area contributed by atoms with Gasteiger partial charge in [-0.1, -0.05) is 26.3 Å². The van der Waals surface area contributed by atoms with Crippen molar-refractivity contribution < 1.29 is 13.2 Å². The quantitative estimate of drug-likeness (QED) is 0.739. The van der Waals surface area contributed by atoms with Gasteiger partial charge in [0.1, 0.15) is 0 Å². The second kappa shape index (κ2) is 7.20. The SMILES string of the molecule is CCC.CCN(C)c1cccc(C(F)(F)F)c1. The van der Waals surface area contributed by atoms with Crippen molar-refractivity contribution >= 4 is 5.69 Å². The fourth-order valence-corrected chi connectivity index (χ4v) is 1.10. The number of halogens is 3. The first-order valence-corrected chi connectivity index (χ1v) is 5.75. The maximum absolute atomic E-state index is 12.3. The van der Waals surface area contributed by atoms with E-state index >= 15 is 0 Å². The molecule has 0 aliphatic rings. The highest BCUT2D eigenvalue weighted by Crippen LogP contribution is 2.31. The van der Waals surface area contributed by atoms with E-state index in [2.05, 4.69) is 13.8 Å². The summed E-state index contributed by atoms with van der Waals surface area (Å²) in [5.41, 5.74) is -0.0161. The Hall–Kier alpha value is -1.19. The number of benzene rings is 1. The van der Waals surface area contributed by atoms with Gasteiger partial charge >= 0.3 is 6.18 Å². The van der Waals surface area contributed by atoms with E-state index in [-0.39, 0.29) is 0 Å². The van der Waals surface area contributed by atoms with Crippen molar-refractivity contribution in [1.29, 1.82) is 0 Å². The summed E-state index contributed by atoms with van der Waals surface area (Å²) in [6.07, 6.45) is -3.01. The molecule has 17 heavy (non-hydrogen) atoms. The predicted octanol–water partition coefficient (Wildman–Crippen LogP) is 4.58. The van der Waals surface area contributed by atoms with Crippen molar-refractivity contribution in [2.45, 2.75) is 33.4 Å². The molecule has 0 N–H and O–H groups in total. The first-order valence-electron chi connectivity index (χ1n) is 5.75. The van der Waals surface area contributed by atoms with Crippen molar-refractivity contribution in [3.8, 4) is 0 Å². The Morgan fingerprint density at radius 2 is 1.65 bits per heavy atom. The summed E-state index contributed by atoms with van der Waals surface area (Å²) in [5, 5.41) is 0. The van der Waals surface area contributed by atoms with Crippen LogP contribution in [0.2, 0.25) is 0 Å². The van der Waals surface area contributed by atoms with Gasteiger partial charge in [-0.25, -0.2) is 0 Å². The molecule has 0 aliphatic heterocycles. The van der Waals surface area contributed by atoms with Gasteiger partial charge in [0.25, 0.3) is 0 Å². The Labute approximate surface area is 101 Å². The Balaban J connectivity index is 0.000000770. The van der Waals surface area contributed by atoms with Crippen LogP contribution in [0, 0.1) is 0 Å². The molecule has 1 aromatic rings. The zero-order valence-electron chi connectivity index (χ0n) is 10.8. The van der Waals surface area contributed by atoms with Gasteiger partial charge in [0, 0.05) is 19.3 Å². The lowest BCUT2D eigenvalue weighted by Gasteiger charge is -2.18. The van der Waals surface area contributed by atoms with E-state index in [1.807, 2.05) is 6.92 Å². The Bertz CT molecular complexity index is 321. The zero-order valence-corrected chi connectivity index (χ0v) is 10.8. The monoisotopic (exact) mass is 247 g/mol. The minimum Gasteiger partial charge on any atom is -0.375 e. The fraction of sp³-hybridized carbons (Fsp3) is 0.538. The Morgan fingerprint density at radius 1 is 1.12 bits per heavy atom. The van der Waals surface area contributed by atoms with Gasteiger partial charge in [0.15, 0.2) is 0 Å². The third kappa shape index (κ3) is 5.61. The molecule has 0 radical (unpaired) electrons. The first-order chi connectivity index (χ1) is 7.86. The average molecular weight is 247 g/mol. The smallest absolute Gasteiger partial charge is 0.375 e. The summed E-state index contributed by atoms with van der Waals surface area (Å²) in [7, 11) is 1.76. The first kappa shape index (κ1) is 15.8. The van der Waals surface area contributed by atoms with Gasteiger partial charge in [0.2, 0.25) is 0 Å². The topological polar surface area (TPSA) is 3.24 Å². The molecule has 1 aromatic carbocycles. The van der Waals surface area contributed by atoms with Crippen LogP contribution < -0.4 is 4.90 Å². The van der Waals surface area contributed by atoms with Crippen molar-refractivity contribution in [2.75, 3.05) is 18.5 Å². The van der Waals surface area contributed by atoms with Crippen LogP contribution in [0.1, 0.15) is 32.8 Å². The Kier molecular flexibility index (Phi) is 6.69. The van der Waals surface area contributed by atoms with E-state index in [1.54, 1.807) is 18.0 Å². The highest BCUT2D eigenvalue weighted by Gasteiger charge is 2.30. The molecule has 98 valence electrons. The predicted molar refractivity (Wildman–Crippen MR) is 66.4 cm³/mol. The van der Waals surface area contributed by atoms with Crippen molar-refractivity contribution in [2.24, 2.45) is 0 Å². The summed E-state index contributed by atoms with van der Waals surface area (Å²) in [6, 6.07) is 5.32. The number of alkyl halides is 3. The van der Waals surface area contributed by atoms with Crippen LogP contribution in [-0.2, 0) is 6.18 Å². The minimum atomic E-state index is -4.26. The molecule has 0 saturated carbocycles. The van der Waals surface area contributed by atoms with Gasteiger partial charge < -0.3 is 4.90 Å². The van der Waals surface area contributed by atoms with Crippen molar-refractivity contribution in [3.05, 3.63) is 29.8 Å². The van der Waals surface area contributed by atoms with E-state index in [0.717, 1.165) is 12.1 Å². The average Bonchev–Trinajstić information content (AvgIpc) is 2.28. The highest BCUT2D eigenvalue weighted by molar-refractivity contribution is 5.48. The van der Waals surface area contributed by atoms with Gasteiger partial charge in [-0.15, -0.1) is 0 Å². The van der Waals surface area contributed by atoms with E-state index in [9.17, 15) is 13.2 Å². The summed E-state index contributed by atoms with van der Waals surface area (Å²) in [5.74, 6) is 0. The second-order valence-electron chi connectivity index (χ2n) is 3.77. The van der Waals surface area contributed by atoms with Crippen LogP contribution in [0.4, 0.5) is 18.9 Å². The largest absolute Gasteiger partial charge is 0.416 e. The zero-order chi connectivity index (χ0) is 13.5. The van der Waals surface area contributed by atoms with Crippen LogP contribution >= 0.6 is 0 Å². The van der Waals surface area contributed by atoms with Crippen LogP contribution in [0.15, 0.2) is 24.3 Å². The van der Waals surface area contributed by atoms with Gasteiger partial charge in [-0.05, 0) is 25.1 Å². The summed E-state index contributed by atoms with van der Waals surface area (Å²) in [4.78, 5) is 1.76. The molecule has 0 bridgehead atoms. The summed E-state index contributed by atoms with van der Waals surface area (Å²) in [6.45, 7) is 6.82. The molecular formula is C13H20F3N. The Morgan fingerprint density at radius 3 is 2.06 bits per heavy atom. The molecule has 0 saturated heterocycles. The molecule has 0 spiro atoms. The molecule has 4 heteroatoms. The fourth-order valence-electron chi connectivity index (χ4n) is 1.10. The highest BCUT2D eigenvalue weighted by atomic mass is 19.4. The van der Waals surface area contributed by atoms with Crippen LogP contribution in [-0.4, -0.2) is 13.6 Å². The molecule has 0 heterocycles. The van der Waals surface area contributed by atoms with E-state index in [4.69, 9.17) is 0 Å². The second-order valence-corrected chi connectivity index (χ2v) is 3.77. The third-order valence-electron chi connectivity index (χ3n) is 2.09. The van der Waals surface area contributed by atoms with Crippen molar-refractivity contribution in [1.82, 2.24) is 0 Å². The molecule has 0 unspecified atom stereocenters. The lowest BCUT2D eigenvalue weighted by Crippen LogP contribution is -2.16. The summed E-state index contributed by atoms with van der Waals surface area (Å²) < 4.78 is 37.0. The van der Waals surface area contributed by atoms with Crippen LogP contribution in [0.5, 0.6) is 0 Å².